The van der Waals surface area contributed by atoms with E-state index in [1.165, 1.54) is 37.7 Å². The van der Waals surface area contributed by atoms with Crippen LogP contribution < -0.4 is 0 Å². The van der Waals surface area contributed by atoms with Gasteiger partial charge in [-0.3, -0.25) is 0 Å². The van der Waals surface area contributed by atoms with Crippen LogP contribution in [0, 0.1) is 17.8 Å². The fourth-order valence-electron chi connectivity index (χ4n) is 5.23. The van der Waals surface area contributed by atoms with E-state index in [9.17, 15) is 8.78 Å². The van der Waals surface area contributed by atoms with Gasteiger partial charge in [-0.05, 0) is 93.1 Å². The molecule has 2 aliphatic rings. The first-order chi connectivity index (χ1) is 14.0. The Bertz CT molecular complexity index is 621. The number of allylic oxidation sites excluding steroid dienone is 2. The second-order valence-electron chi connectivity index (χ2n) is 9.30. The Kier molecular flexibility index (Phi) is 8.29. The van der Waals surface area contributed by atoms with Gasteiger partial charge in [-0.25, -0.2) is 0 Å². The van der Waals surface area contributed by atoms with Crippen molar-refractivity contribution in [3.8, 4) is 0 Å². The SMILES string of the molecule is CC=C[C@H]1CC[C@H](CC(F)(F)OCc2ccc([C@H]3CC[C@H](CC)CC3)cc2)CC1. The Labute approximate surface area is 175 Å². The van der Waals surface area contributed by atoms with Crippen molar-refractivity contribution in [1.29, 1.82) is 0 Å². The summed E-state index contributed by atoms with van der Waals surface area (Å²) in [7, 11) is 0. The quantitative estimate of drug-likeness (QED) is 0.396. The lowest BCUT2D eigenvalue weighted by atomic mass is 9.78. The van der Waals surface area contributed by atoms with Crippen LogP contribution in [0.2, 0.25) is 0 Å². The van der Waals surface area contributed by atoms with Crippen molar-refractivity contribution in [3.05, 3.63) is 47.5 Å². The van der Waals surface area contributed by atoms with Crippen LogP contribution in [0.5, 0.6) is 0 Å². The standard InChI is InChI=1S/C26H38F2O/c1-3-5-21-6-8-22(9-7-21)18-26(27,28)29-19-23-12-16-25(17-13-23)24-14-10-20(4-2)11-15-24/h3,5,12-13,16-17,20-22,24H,4,6-11,14-15,18-19H2,1-2H3/t20-,21-,22-,24-. The van der Waals surface area contributed by atoms with Crippen molar-refractivity contribution in [3.63, 3.8) is 0 Å². The second-order valence-corrected chi connectivity index (χ2v) is 9.30. The molecule has 0 unspecified atom stereocenters. The first-order valence-corrected chi connectivity index (χ1v) is 11.7. The van der Waals surface area contributed by atoms with Gasteiger partial charge in [0.05, 0.1) is 6.61 Å². The molecule has 162 valence electrons. The highest BCUT2D eigenvalue weighted by molar-refractivity contribution is 5.25. The zero-order valence-corrected chi connectivity index (χ0v) is 18.2. The topological polar surface area (TPSA) is 9.23 Å². The third-order valence-electron chi connectivity index (χ3n) is 7.21. The second kappa shape index (κ2) is 10.7. The van der Waals surface area contributed by atoms with Crippen LogP contribution in [0.15, 0.2) is 36.4 Å². The molecule has 1 aromatic rings. The molecule has 3 heteroatoms. The molecule has 29 heavy (non-hydrogen) atoms. The van der Waals surface area contributed by atoms with E-state index >= 15 is 0 Å². The molecule has 0 aromatic heterocycles. The van der Waals surface area contributed by atoms with Crippen molar-refractivity contribution in [2.45, 2.75) is 96.7 Å². The van der Waals surface area contributed by atoms with E-state index < -0.39 is 6.11 Å². The van der Waals surface area contributed by atoms with E-state index in [0.29, 0.717) is 11.8 Å². The van der Waals surface area contributed by atoms with Gasteiger partial charge in [-0.2, -0.15) is 8.78 Å². The molecule has 0 radical (unpaired) electrons. The highest BCUT2D eigenvalue weighted by atomic mass is 19.3. The monoisotopic (exact) mass is 404 g/mol. The molecule has 1 nitrogen and oxygen atoms in total. The average Bonchev–Trinajstić information content (AvgIpc) is 2.74. The normalized spacial score (nSPS) is 28.7. The van der Waals surface area contributed by atoms with Gasteiger partial charge in [0.15, 0.2) is 0 Å². The molecule has 0 N–H and O–H groups in total. The number of ether oxygens (including phenoxy) is 1. The van der Waals surface area contributed by atoms with Gasteiger partial charge in [0.2, 0.25) is 0 Å². The summed E-state index contributed by atoms with van der Waals surface area (Å²) in [5, 5.41) is 0. The number of hydrogen-bond acceptors (Lipinski definition) is 1. The van der Waals surface area contributed by atoms with Gasteiger partial charge >= 0.3 is 6.11 Å². The van der Waals surface area contributed by atoms with Crippen molar-refractivity contribution in [2.24, 2.45) is 17.8 Å². The third-order valence-corrected chi connectivity index (χ3v) is 7.21. The number of hydrogen-bond donors (Lipinski definition) is 0. The average molecular weight is 405 g/mol. The summed E-state index contributed by atoms with van der Waals surface area (Å²) in [5.74, 6) is 2.17. The number of halogens is 2. The van der Waals surface area contributed by atoms with Crippen LogP contribution in [0.4, 0.5) is 8.78 Å². The Morgan fingerprint density at radius 1 is 0.931 bits per heavy atom. The molecule has 0 spiro atoms. The molecule has 0 aliphatic heterocycles. The minimum atomic E-state index is -3.03. The molecule has 0 bridgehead atoms. The molecular formula is C26H38F2O. The van der Waals surface area contributed by atoms with Crippen molar-refractivity contribution >= 4 is 0 Å². The zero-order valence-electron chi connectivity index (χ0n) is 18.2. The molecular weight excluding hydrogens is 366 g/mol. The fraction of sp³-hybridized carbons (Fsp3) is 0.692. The summed E-state index contributed by atoms with van der Waals surface area (Å²) >= 11 is 0. The van der Waals surface area contributed by atoms with Crippen molar-refractivity contribution in [1.82, 2.24) is 0 Å². The van der Waals surface area contributed by atoms with Crippen molar-refractivity contribution < 1.29 is 13.5 Å². The van der Waals surface area contributed by atoms with E-state index in [0.717, 1.165) is 37.2 Å². The number of alkyl halides is 2. The van der Waals surface area contributed by atoms with E-state index in [4.69, 9.17) is 4.74 Å². The van der Waals surface area contributed by atoms with Gasteiger partial charge < -0.3 is 4.74 Å². The zero-order chi connectivity index (χ0) is 20.7. The maximum Gasteiger partial charge on any atom is 0.356 e. The Balaban J connectivity index is 1.43. The van der Waals surface area contributed by atoms with Crippen LogP contribution in [0.1, 0.15) is 95.1 Å². The van der Waals surface area contributed by atoms with E-state index in [-0.39, 0.29) is 18.9 Å². The highest BCUT2D eigenvalue weighted by Gasteiger charge is 2.35. The summed E-state index contributed by atoms with van der Waals surface area (Å²) in [5.41, 5.74) is 2.19. The summed E-state index contributed by atoms with van der Waals surface area (Å²) < 4.78 is 33.7. The van der Waals surface area contributed by atoms with Gasteiger partial charge in [-0.15, -0.1) is 0 Å². The first-order valence-electron chi connectivity index (χ1n) is 11.7. The van der Waals surface area contributed by atoms with E-state index in [1.54, 1.807) is 0 Å². The molecule has 1 aromatic carbocycles. The molecule has 2 fully saturated rings. The number of benzene rings is 1. The number of rotatable bonds is 8. The predicted octanol–water partition coefficient (Wildman–Crippen LogP) is 8.25. The van der Waals surface area contributed by atoms with Gasteiger partial charge in [-0.1, -0.05) is 49.8 Å². The lowest BCUT2D eigenvalue weighted by Gasteiger charge is -2.29. The Morgan fingerprint density at radius 3 is 2.14 bits per heavy atom. The largest absolute Gasteiger partial charge is 0.356 e. The van der Waals surface area contributed by atoms with Crippen LogP contribution in [-0.4, -0.2) is 6.11 Å². The molecule has 0 heterocycles. The fourth-order valence-corrected chi connectivity index (χ4v) is 5.23. The van der Waals surface area contributed by atoms with Crippen LogP contribution in [0.25, 0.3) is 0 Å². The first kappa shape index (κ1) is 22.5. The van der Waals surface area contributed by atoms with Crippen LogP contribution >= 0.6 is 0 Å². The predicted molar refractivity (Wildman–Crippen MR) is 116 cm³/mol. The van der Waals surface area contributed by atoms with Gasteiger partial charge in [0.25, 0.3) is 0 Å². The van der Waals surface area contributed by atoms with E-state index in [1.807, 2.05) is 19.1 Å². The van der Waals surface area contributed by atoms with E-state index in [2.05, 4.69) is 31.2 Å². The third kappa shape index (κ3) is 6.91. The van der Waals surface area contributed by atoms with Crippen LogP contribution in [-0.2, 0) is 11.3 Å². The summed E-state index contributed by atoms with van der Waals surface area (Å²) in [6, 6.07) is 8.19. The lowest BCUT2D eigenvalue weighted by molar-refractivity contribution is -0.256. The minimum absolute atomic E-state index is 0.0101. The maximum atomic E-state index is 14.3. The minimum Gasteiger partial charge on any atom is -0.316 e. The molecule has 2 aliphatic carbocycles. The highest BCUT2D eigenvalue weighted by Crippen LogP contribution is 2.38. The molecule has 0 amide bonds. The Morgan fingerprint density at radius 2 is 1.55 bits per heavy atom. The summed E-state index contributed by atoms with van der Waals surface area (Å²) in [6.07, 6.45) is 11.3. The molecule has 2 saturated carbocycles. The van der Waals surface area contributed by atoms with Crippen LogP contribution in [0.3, 0.4) is 0 Å². The van der Waals surface area contributed by atoms with Gasteiger partial charge in [0.1, 0.15) is 0 Å². The lowest BCUT2D eigenvalue weighted by Crippen LogP contribution is -2.26. The molecule has 0 atom stereocenters. The van der Waals surface area contributed by atoms with Gasteiger partial charge in [0, 0.05) is 6.42 Å². The summed E-state index contributed by atoms with van der Waals surface area (Å²) in [4.78, 5) is 0. The smallest absolute Gasteiger partial charge is 0.316 e. The molecule has 0 saturated heterocycles. The Hall–Kier alpha value is -1.22. The maximum absolute atomic E-state index is 14.3. The summed E-state index contributed by atoms with van der Waals surface area (Å²) in [6.45, 7) is 4.30. The molecule has 3 rings (SSSR count). The van der Waals surface area contributed by atoms with Crippen molar-refractivity contribution in [2.75, 3.05) is 0 Å².